The molecular formula is C7H11FO4S. The van der Waals surface area contributed by atoms with E-state index in [0.717, 1.165) is 0 Å². The van der Waals surface area contributed by atoms with Crippen molar-refractivity contribution in [3.63, 3.8) is 0 Å². The smallest absolute Gasteiger partial charge is 0.303 e. The molecule has 4 nitrogen and oxygen atoms in total. The molecule has 0 aromatic heterocycles. The van der Waals surface area contributed by atoms with Gasteiger partial charge in [0.25, 0.3) is 0 Å². The van der Waals surface area contributed by atoms with Crippen molar-refractivity contribution in [2.75, 3.05) is 11.5 Å². The summed E-state index contributed by atoms with van der Waals surface area (Å²) in [6, 6.07) is 0. The number of carboxylic acid groups (broad SMARTS) is 1. The zero-order chi connectivity index (χ0) is 10.1. The summed E-state index contributed by atoms with van der Waals surface area (Å²) in [5, 5.41) is 8.40. The van der Waals surface area contributed by atoms with E-state index in [9.17, 15) is 17.6 Å². The number of sulfone groups is 1. The first-order valence-corrected chi connectivity index (χ1v) is 5.79. The van der Waals surface area contributed by atoms with E-state index in [0.29, 0.717) is 0 Å². The fourth-order valence-corrected chi connectivity index (χ4v) is 3.01. The highest BCUT2D eigenvalue weighted by Gasteiger charge is 2.34. The van der Waals surface area contributed by atoms with E-state index in [-0.39, 0.29) is 18.6 Å². The van der Waals surface area contributed by atoms with Gasteiger partial charge < -0.3 is 5.11 Å². The van der Waals surface area contributed by atoms with Crippen molar-refractivity contribution in [3.8, 4) is 0 Å². The lowest BCUT2D eigenvalue weighted by atomic mass is 9.97. The Morgan fingerprint density at radius 3 is 2.62 bits per heavy atom. The number of carbonyl (C=O) groups is 1. The van der Waals surface area contributed by atoms with Crippen LogP contribution in [0.2, 0.25) is 0 Å². The van der Waals surface area contributed by atoms with Crippen molar-refractivity contribution in [2.45, 2.75) is 19.0 Å². The van der Waals surface area contributed by atoms with Crippen molar-refractivity contribution in [3.05, 3.63) is 0 Å². The van der Waals surface area contributed by atoms with Crippen molar-refractivity contribution in [2.24, 2.45) is 5.92 Å². The summed E-state index contributed by atoms with van der Waals surface area (Å²) in [6.45, 7) is 0. The molecule has 0 spiro atoms. The Hall–Kier alpha value is -0.650. The van der Waals surface area contributed by atoms with Crippen molar-refractivity contribution >= 4 is 15.8 Å². The third kappa shape index (κ3) is 2.95. The zero-order valence-electron chi connectivity index (χ0n) is 6.94. The summed E-state index contributed by atoms with van der Waals surface area (Å²) < 4.78 is 34.9. The van der Waals surface area contributed by atoms with Crippen LogP contribution in [-0.4, -0.2) is 37.2 Å². The Labute approximate surface area is 75.7 Å². The van der Waals surface area contributed by atoms with Crippen LogP contribution in [-0.2, 0) is 14.6 Å². The van der Waals surface area contributed by atoms with Crippen LogP contribution >= 0.6 is 0 Å². The van der Waals surface area contributed by atoms with Crippen LogP contribution in [0.15, 0.2) is 0 Å². The molecule has 1 heterocycles. The van der Waals surface area contributed by atoms with E-state index >= 15 is 0 Å². The molecule has 1 aliphatic heterocycles. The predicted molar refractivity (Wildman–Crippen MR) is 43.9 cm³/mol. The van der Waals surface area contributed by atoms with E-state index in [1.54, 1.807) is 0 Å². The summed E-state index contributed by atoms with van der Waals surface area (Å²) in [5.41, 5.74) is 0. The normalized spacial score (nSPS) is 32.7. The second-order valence-electron chi connectivity index (χ2n) is 3.28. The number of aliphatic carboxylic acids is 1. The number of rotatable bonds is 2. The van der Waals surface area contributed by atoms with Gasteiger partial charge in [0.05, 0.1) is 17.9 Å². The number of carboxylic acids is 1. The van der Waals surface area contributed by atoms with Gasteiger partial charge in [-0.15, -0.1) is 0 Å². The zero-order valence-corrected chi connectivity index (χ0v) is 7.76. The number of alkyl halides is 1. The minimum Gasteiger partial charge on any atom is -0.481 e. The van der Waals surface area contributed by atoms with Crippen molar-refractivity contribution in [1.29, 1.82) is 0 Å². The average Bonchev–Trinajstić information content (AvgIpc) is 1.93. The summed E-state index contributed by atoms with van der Waals surface area (Å²) in [4.78, 5) is 10.3. The van der Waals surface area contributed by atoms with Gasteiger partial charge in [-0.05, 0) is 6.42 Å². The van der Waals surface area contributed by atoms with E-state index in [1.807, 2.05) is 0 Å². The maximum Gasteiger partial charge on any atom is 0.303 e. The maximum absolute atomic E-state index is 13.1. The number of halogens is 1. The predicted octanol–water partition coefficient (Wildman–Crippen LogP) is 0.234. The Morgan fingerprint density at radius 1 is 1.54 bits per heavy atom. The third-order valence-corrected chi connectivity index (χ3v) is 3.85. The largest absolute Gasteiger partial charge is 0.481 e. The van der Waals surface area contributed by atoms with Gasteiger partial charge in [-0.3, -0.25) is 4.79 Å². The molecule has 0 unspecified atom stereocenters. The monoisotopic (exact) mass is 210 g/mol. The second kappa shape index (κ2) is 3.61. The van der Waals surface area contributed by atoms with Gasteiger partial charge in [-0.1, -0.05) is 0 Å². The highest BCUT2D eigenvalue weighted by atomic mass is 32.2. The van der Waals surface area contributed by atoms with Gasteiger partial charge in [-0.2, -0.15) is 0 Å². The second-order valence-corrected chi connectivity index (χ2v) is 5.51. The molecule has 1 fully saturated rings. The van der Waals surface area contributed by atoms with Crippen molar-refractivity contribution in [1.82, 2.24) is 0 Å². The van der Waals surface area contributed by atoms with Gasteiger partial charge in [-0.25, -0.2) is 12.8 Å². The molecule has 6 heteroatoms. The molecular weight excluding hydrogens is 199 g/mol. The average molecular weight is 210 g/mol. The highest BCUT2D eigenvalue weighted by molar-refractivity contribution is 7.91. The first-order valence-electron chi connectivity index (χ1n) is 3.97. The molecule has 0 aromatic rings. The summed E-state index contributed by atoms with van der Waals surface area (Å²) in [7, 11) is -3.27. The van der Waals surface area contributed by atoms with Gasteiger partial charge in [0, 0.05) is 5.92 Å². The fourth-order valence-electron chi connectivity index (χ4n) is 1.43. The molecule has 1 aliphatic rings. The summed E-state index contributed by atoms with van der Waals surface area (Å²) in [5.74, 6) is -2.33. The van der Waals surface area contributed by atoms with Gasteiger partial charge in [0.15, 0.2) is 9.84 Å². The van der Waals surface area contributed by atoms with Crippen molar-refractivity contribution < 1.29 is 22.7 Å². The van der Waals surface area contributed by atoms with E-state index in [1.165, 1.54) is 0 Å². The molecule has 0 aliphatic carbocycles. The first kappa shape index (κ1) is 10.4. The Morgan fingerprint density at radius 2 is 2.15 bits per heavy atom. The van der Waals surface area contributed by atoms with E-state index in [4.69, 9.17) is 5.11 Å². The molecule has 0 radical (unpaired) electrons. The Kier molecular flexibility index (Phi) is 2.90. The fraction of sp³-hybridized carbons (Fsp3) is 0.857. The van der Waals surface area contributed by atoms with Crippen LogP contribution in [0, 0.1) is 5.92 Å². The Balaban J connectivity index is 2.59. The van der Waals surface area contributed by atoms with Gasteiger partial charge in [0.2, 0.25) is 0 Å². The summed E-state index contributed by atoms with van der Waals surface area (Å²) in [6.07, 6.45) is -1.68. The van der Waals surface area contributed by atoms with E-state index < -0.39 is 33.6 Å². The molecule has 0 amide bonds. The molecule has 0 bridgehead atoms. The molecule has 2 atom stereocenters. The lowest BCUT2D eigenvalue weighted by molar-refractivity contribution is -0.138. The number of hydrogen-bond acceptors (Lipinski definition) is 3. The summed E-state index contributed by atoms with van der Waals surface area (Å²) >= 11 is 0. The van der Waals surface area contributed by atoms with Crippen LogP contribution in [0.1, 0.15) is 12.8 Å². The Bertz CT molecular complexity index is 298. The molecule has 13 heavy (non-hydrogen) atoms. The maximum atomic E-state index is 13.1. The number of hydrogen-bond donors (Lipinski definition) is 1. The quantitative estimate of drug-likeness (QED) is 0.708. The standard InChI is InChI=1S/C7H11FO4S/c8-6-4-13(11,12)2-1-5(6)3-7(9)10/h5-6H,1-4H2,(H,9,10)/t5-,6+/m0/s1. The molecule has 1 rings (SSSR count). The van der Waals surface area contributed by atoms with Gasteiger partial charge in [0.1, 0.15) is 6.17 Å². The SMILES string of the molecule is O=C(O)C[C@@H]1CCS(=O)(=O)C[C@H]1F. The van der Waals surface area contributed by atoms with Crippen LogP contribution in [0.4, 0.5) is 4.39 Å². The molecule has 0 saturated carbocycles. The van der Waals surface area contributed by atoms with E-state index in [2.05, 4.69) is 0 Å². The van der Waals surface area contributed by atoms with Crippen LogP contribution in [0.25, 0.3) is 0 Å². The molecule has 1 saturated heterocycles. The minimum atomic E-state index is -3.27. The van der Waals surface area contributed by atoms with Crippen LogP contribution in [0.5, 0.6) is 0 Å². The lowest BCUT2D eigenvalue weighted by Crippen LogP contribution is -2.35. The topological polar surface area (TPSA) is 71.4 Å². The lowest BCUT2D eigenvalue weighted by Gasteiger charge is -2.24. The third-order valence-electron chi connectivity index (χ3n) is 2.16. The minimum absolute atomic E-state index is 0.0919. The molecule has 1 N–H and O–H groups in total. The molecule has 76 valence electrons. The van der Waals surface area contributed by atoms with Gasteiger partial charge >= 0.3 is 5.97 Å². The highest BCUT2D eigenvalue weighted by Crippen LogP contribution is 2.24. The first-order chi connectivity index (χ1) is 5.91. The molecule has 0 aromatic carbocycles. The van der Waals surface area contributed by atoms with Crippen LogP contribution < -0.4 is 0 Å². The van der Waals surface area contributed by atoms with Crippen LogP contribution in [0.3, 0.4) is 0 Å².